The molecule has 1 aliphatic heterocycles. The summed E-state index contributed by atoms with van der Waals surface area (Å²) in [5, 5.41) is 0. The SMILES string of the molecule is Cc1ccc(OC(C)C(=O)N2CCN(S(=O)(=O)c3ccc(Br)s3)CC2)cc1. The molecule has 6 nitrogen and oxygen atoms in total. The molecule has 1 fully saturated rings. The van der Waals surface area contributed by atoms with Crippen molar-refractivity contribution in [3.05, 3.63) is 45.7 Å². The van der Waals surface area contributed by atoms with Crippen molar-refractivity contribution in [1.29, 1.82) is 0 Å². The number of hydrogen-bond acceptors (Lipinski definition) is 5. The van der Waals surface area contributed by atoms with Crippen molar-refractivity contribution >= 4 is 43.2 Å². The lowest BCUT2D eigenvalue weighted by Gasteiger charge is -2.34. The van der Waals surface area contributed by atoms with E-state index in [1.807, 2.05) is 31.2 Å². The normalized spacial score (nSPS) is 16.9. The van der Waals surface area contributed by atoms with Crippen molar-refractivity contribution in [3.8, 4) is 5.75 Å². The van der Waals surface area contributed by atoms with E-state index < -0.39 is 16.1 Å². The summed E-state index contributed by atoms with van der Waals surface area (Å²) < 4.78 is 33.6. The van der Waals surface area contributed by atoms with Crippen LogP contribution < -0.4 is 4.74 Å². The molecule has 1 aromatic carbocycles. The topological polar surface area (TPSA) is 66.9 Å². The minimum absolute atomic E-state index is 0.133. The molecule has 2 aromatic rings. The molecule has 0 bridgehead atoms. The number of carbonyl (C=O) groups excluding carboxylic acids is 1. The van der Waals surface area contributed by atoms with Gasteiger partial charge in [-0.25, -0.2) is 8.42 Å². The van der Waals surface area contributed by atoms with Crippen LogP contribution in [0.15, 0.2) is 44.4 Å². The van der Waals surface area contributed by atoms with Gasteiger partial charge in [0, 0.05) is 26.2 Å². The van der Waals surface area contributed by atoms with Crippen LogP contribution in [0.25, 0.3) is 0 Å². The Balaban J connectivity index is 1.58. The number of sulfonamides is 1. The average molecular weight is 473 g/mol. The van der Waals surface area contributed by atoms with E-state index in [-0.39, 0.29) is 19.0 Å². The lowest BCUT2D eigenvalue weighted by Crippen LogP contribution is -2.53. The fourth-order valence-electron chi connectivity index (χ4n) is 2.84. The quantitative estimate of drug-likeness (QED) is 0.670. The Hall–Kier alpha value is -1.42. The molecule has 1 unspecified atom stereocenters. The third-order valence-electron chi connectivity index (χ3n) is 4.37. The van der Waals surface area contributed by atoms with Gasteiger partial charge in [0.2, 0.25) is 0 Å². The van der Waals surface area contributed by atoms with E-state index >= 15 is 0 Å². The Kier molecular flexibility index (Phi) is 6.25. The number of piperazine rings is 1. The maximum atomic E-state index is 12.7. The zero-order valence-electron chi connectivity index (χ0n) is 15.1. The second-order valence-electron chi connectivity index (χ2n) is 6.36. The Labute approximate surface area is 171 Å². The van der Waals surface area contributed by atoms with Crippen molar-refractivity contribution in [3.63, 3.8) is 0 Å². The van der Waals surface area contributed by atoms with Crippen molar-refractivity contribution in [1.82, 2.24) is 9.21 Å². The van der Waals surface area contributed by atoms with E-state index in [4.69, 9.17) is 4.74 Å². The third-order valence-corrected chi connectivity index (χ3v) is 8.36. The first-order chi connectivity index (χ1) is 12.8. The summed E-state index contributed by atoms with van der Waals surface area (Å²) in [6.07, 6.45) is -0.621. The van der Waals surface area contributed by atoms with Gasteiger partial charge in [0.05, 0.1) is 3.79 Å². The first-order valence-corrected chi connectivity index (χ1v) is 11.6. The van der Waals surface area contributed by atoms with E-state index in [9.17, 15) is 13.2 Å². The molecule has 1 aliphatic rings. The Morgan fingerprint density at radius 3 is 2.30 bits per heavy atom. The molecule has 1 amide bonds. The molecule has 1 saturated heterocycles. The number of hydrogen-bond donors (Lipinski definition) is 0. The maximum absolute atomic E-state index is 12.7. The Morgan fingerprint density at radius 2 is 1.74 bits per heavy atom. The largest absolute Gasteiger partial charge is 0.481 e. The van der Waals surface area contributed by atoms with E-state index in [0.29, 0.717) is 23.0 Å². The van der Waals surface area contributed by atoms with Crippen molar-refractivity contribution in [2.75, 3.05) is 26.2 Å². The van der Waals surface area contributed by atoms with Gasteiger partial charge < -0.3 is 9.64 Å². The van der Waals surface area contributed by atoms with E-state index in [1.54, 1.807) is 24.0 Å². The second kappa shape index (κ2) is 8.30. The van der Waals surface area contributed by atoms with Crippen LogP contribution in [-0.2, 0) is 14.8 Å². The predicted octanol–water partition coefficient (Wildman–Crippen LogP) is 3.12. The van der Waals surface area contributed by atoms with Crippen LogP contribution in [0.1, 0.15) is 12.5 Å². The number of aryl methyl sites for hydroxylation is 1. The molecule has 0 N–H and O–H groups in total. The number of thiophene rings is 1. The molecule has 27 heavy (non-hydrogen) atoms. The molecule has 2 heterocycles. The molecule has 0 aliphatic carbocycles. The predicted molar refractivity (Wildman–Crippen MR) is 109 cm³/mol. The molecule has 146 valence electrons. The summed E-state index contributed by atoms with van der Waals surface area (Å²) in [5.41, 5.74) is 1.12. The summed E-state index contributed by atoms with van der Waals surface area (Å²) >= 11 is 4.48. The Bertz CT molecular complexity index is 904. The highest BCUT2D eigenvalue weighted by atomic mass is 79.9. The van der Waals surface area contributed by atoms with Crippen molar-refractivity contribution in [2.45, 2.75) is 24.2 Å². The van der Waals surface area contributed by atoms with Crippen molar-refractivity contribution in [2.24, 2.45) is 0 Å². The lowest BCUT2D eigenvalue weighted by molar-refractivity contribution is -0.139. The van der Waals surface area contributed by atoms with Crippen LogP contribution in [0.5, 0.6) is 5.75 Å². The van der Waals surface area contributed by atoms with E-state index in [0.717, 1.165) is 9.35 Å². The highest BCUT2D eigenvalue weighted by Gasteiger charge is 2.32. The van der Waals surface area contributed by atoms with E-state index in [1.165, 1.54) is 15.6 Å². The van der Waals surface area contributed by atoms with E-state index in [2.05, 4.69) is 15.9 Å². The molecule has 0 spiro atoms. The van der Waals surface area contributed by atoms with Crippen molar-refractivity contribution < 1.29 is 17.9 Å². The van der Waals surface area contributed by atoms with Gasteiger partial charge in [0.15, 0.2) is 6.10 Å². The molecule has 3 rings (SSSR count). The molecule has 1 aromatic heterocycles. The number of nitrogens with zero attached hydrogens (tertiary/aromatic N) is 2. The fourth-order valence-corrected chi connectivity index (χ4v) is 6.43. The second-order valence-corrected chi connectivity index (χ2v) is 11.0. The maximum Gasteiger partial charge on any atom is 0.263 e. The zero-order chi connectivity index (χ0) is 19.6. The van der Waals surface area contributed by atoms with Gasteiger partial charge in [-0.3, -0.25) is 4.79 Å². The summed E-state index contributed by atoms with van der Waals surface area (Å²) in [6, 6.07) is 10.9. The number of ether oxygens (including phenoxy) is 1. The zero-order valence-corrected chi connectivity index (χ0v) is 18.3. The summed E-state index contributed by atoms with van der Waals surface area (Å²) in [4.78, 5) is 14.3. The van der Waals surface area contributed by atoms with Crippen LogP contribution in [0.4, 0.5) is 0 Å². The monoisotopic (exact) mass is 472 g/mol. The molecular formula is C18H21BrN2O4S2. The molecular weight excluding hydrogens is 452 g/mol. The van der Waals surface area contributed by atoms with Gasteiger partial charge in [-0.2, -0.15) is 4.31 Å². The molecule has 1 atom stereocenters. The minimum Gasteiger partial charge on any atom is -0.481 e. The molecule has 9 heteroatoms. The lowest BCUT2D eigenvalue weighted by atomic mass is 10.2. The van der Waals surface area contributed by atoms with Crippen LogP contribution in [-0.4, -0.2) is 55.8 Å². The molecule has 0 radical (unpaired) electrons. The van der Waals surface area contributed by atoms with Crippen LogP contribution >= 0.6 is 27.3 Å². The number of benzene rings is 1. The van der Waals surface area contributed by atoms with Gasteiger partial charge in [-0.15, -0.1) is 11.3 Å². The fraction of sp³-hybridized carbons (Fsp3) is 0.389. The number of carbonyl (C=O) groups is 1. The van der Waals surface area contributed by atoms with Crippen LogP contribution in [0.2, 0.25) is 0 Å². The van der Waals surface area contributed by atoms with Crippen LogP contribution in [0, 0.1) is 6.92 Å². The van der Waals surface area contributed by atoms with Gasteiger partial charge in [-0.1, -0.05) is 17.7 Å². The standard InChI is InChI=1S/C18H21BrN2O4S2/c1-13-3-5-15(6-4-13)25-14(2)18(22)20-9-11-21(12-10-20)27(23,24)17-8-7-16(19)26-17/h3-8,14H,9-12H2,1-2H3. The summed E-state index contributed by atoms with van der Waals surface area (Å²) in [6.45, 7) is 4.97. The average Bonchev–Trinajstić information content (AvgIpc) is 3.10. The summed E-state index contributed by atoms with van der Waals surface area (Å²) in [7, 11) is -3.51. The van der Waals surface area contributed by atoms with Gasteiger partial charge in [0.1, 0.15) is 9.96 Å². The smallest absolute Gasteiger partial charge is 0.263 e. The third kappa shape index (κ3) is 4.71. The minimum atomic E-state index is -3.51. The Morgan fingerprint density at radius 1 is 1.11 bits per heavy atom. The number of amides is 1. The first-order valence-electron chi connectivity index (χ1n) is 8.55. The highest BCUT2D eigenvalue weighted by molar-refractivity contribution is 9.11. The van der Waals surface area contributed by atoms with Crippen LogP contribution in [0.3, 0.4) is 0 Å². The van der Waals surface area contributed by atoms with Gasteiger partial charge in [0.25, 0.3) is 15.9 Å². The molecule has 0 saturated carbocycles. The first kappa shape index (κ1) is 20.3. The number of rotatable bonds is 5. The number of halogens is 1. The highest BCUT2D eigenvalue weighted by Crippen LogP contribution is 2.29. The van der Waals surface area contributed by atoms with Gasteiger partial charge >= 0.3 is 0 Å². The van der Waals surface area contributed by atoms with Gasteiger partial charge in [-0.05, 0) is 54.0 Å². The summed E-state index contributed by atoms with van der Waals surface area (Å²) in [5.74, 6) is 0.512.